The summed E-state index contributed by atoms with van der Waals surface area (Å²) in [5.74, 6) is -0.761. The van der Waals surface area contributed by atoms with Crippen LogP contribution in [0.1, 0.15) is 26.3 Å². The monoisotopic (exact) mass is 410 g/mol. The number of hydrogen-bond donors (Lipinski definition) is 1. The number of aromatic nitrogens is 2. The topological polar surface area (TPSA) is 93.5 Å². The van der Waals surface area contributed by atoms with Crippen molar-refractivity contribution in [2.75, 3.05) is 7.11 Å². The van der Waals surface area contributed by atoms with Gasteiger partial charge in [0.2, 0.25) is 0 Å². The summed E-state index contributed by atoms with van der Waals surface area (Å²) in [5.41, 5.74) is 6.45. The highest BCUT2D eigenvalue weighted by Crippen LogP contribution is 2.24. The van der Waals surface area contributed by atoms with Gasteiger partial charge in [0.1, 0.15) is 0 Å². The van der Waals surface area contributed by atoms with Crippen LogP contribution in [0.3, 0.4) is 0 Å². The minimum atomic E-state index is -0.411. The smallest absolute Gasteiger partial charge is 0.337 e. The van der Waals surface area contributed by atoms with Gasteiger partial charge in [0.25, 0.3) is 5.91 Å². The normalized spacial score (nSPS) is 10.9. The Morgan fingerprint density at radius 2 is 1.74 bits per heavy atom. The van der Waals surface area contributed by atoms with Crippen LogP contribution in [0.2, 0.25) is 0 Å². The van der Waals surface area contributed by atoms with E-state index in [0.29, 0.717) is 22.3 Å². The second-order valence-electron chi connectivity index (χ2n) is 6.62. The second kappa shape index (κ2) is 8.96. The fraction of sp³-hybridized carbons (Fsp3) is 0.0417. The van der Waals surface area contributed by atoms with E-state index in [1.807, 2.05) is 36.4 Å². The van der Waals surface area contributed by atoms with Crippen molar-refractivity contribution in [2.45, 2.75) is 0 Å². The van der Waals surface area contributed by atoms with Gasteiger partial charge < -0.3 is 4.74 Å². The molecule has 0 aliphatic carbocycles. The summed E-state index contributed by atoms with van der Waals surface area (Å²) in [5, 5.41) is 4.78. The standard InChI is InChI=1S/C24H18N4O3/c1-31-24(30)18-8-6-16(7-9-18)15-26-28-23(29)20-14-22(17-10-12-25-13-11-17)27-21-5-3-2-4-19(20)21/h2-15H,1H3,(H,28,29)/b26-15+. The number of hydrazone groups is 1. The van der Waals surface area contributed by atoms with Gasteiger partial charge in [-0.15, -0.1) is 0 Å². The number of carbonyl (C=O) groups is 2. The van der Waals surface area contributed by atoms with Crippen LogP contribution in [0.4, 0.5) is 0 Å². The molecule has 7 heteroatoms. The van der Waals surface area contributed by atoms with Gasteiger partial charge in [0, 0.05) is 23.3 Å². The lowest BCUT2D eigenvalue weighted by Gasteiger charge is -2.09. The van der Waals surface area contributed by atoms with Crippen molar-refractivity contribution in [3.63, 3.8) is 0 Å². The van der Waals surface area contributed by atoms with E-state index < -0.39 is 5.97 Å². The third kappa shape index (κ3) is 4.45. The number of ether oxygens (including phenoxy) is 1. The highest BCUT2D eigenvalue weighted by molar-refractivity contribution is 6.07. The number of nitrogens with zero attached hydrogens (tertiary/aromatic N) is 3. The van der Waals surface area contributed by atoms with Gasteiger partial charge in [-0.1, -0.05) is 30.3 Å². The molecule has 152 valence electrons. The zero-order chi connectivity index (χ0) is 21.6. The maximum atomic E-state index is 12.9. The first-order valence-electron chi connectivity index (χ1n) is 9.47. The number of fused-ring (bicyclic) bond motifs is 1. The molecule has 0 radical (unpaired) electrons. The number of hydrogen-bond acceptors (Lipinski definition) is 6. The van der Waals surface area contributed by atoms with Crippen LogP contribution in [0.25, 0.3) is 22.2 Å². The first-order chi connectivity index (χ1) is 15.2. The molecule has 4 aromatic rings. The molecule has 0 saturated heterocycles. The Bertz CT molecular complexity index is 1270. The number of pyridine rings is 2. The fourth-order valence-electron chi connectivity index (χ4n) is 3.08. The lowest BCUT2D eigenvalue weighted by atomic mass is 10.0. The largest absolute Gasteiger partial charge is 0.465 e. The summed E-state index contributed by atoms with van der Waals surface area (Å²) >= 11 is 0. The van der Waals surface area contributed by atoms with E-state index in [0.717, 1.165) is 16.5 Å². The van der Waals surface area contributed by atoms with Crippen molar-refractivity contribution < 1.29 is 14.3 Å². The van der Waals surface area contributed by atoms with Crippen molar-refractivity contribution in [1.82, 2.24) is 15.4 Å². The molecule has 4 rings (SSSR count). The summed E-state index contributed by atoms with van der Waals surface area (Å²) in [7, 11) is 1.33. The molecule has 1 amide bonds. The quantitative estimate of drug-likeness (QED) is 0.306. The van der Waals surface area contributed by atoms with Gasteiger partial charge >= 0.3 is 5.97 Å². The molecular weight excluding hydrogens is 392 g/mol. The Balaban J connectivity index is 1.58. The van der Waals surface area contributed by atoms with Gasteiger partial charge in [-0.05, 0) is 42.0 Å². The molecule has 0 fully saturated rings. The number of rotatable bonds is 5. The molecule has 2 aromatic heterocycles. The van der Waals surface area contributed by atoms with E-state index >= 15 is 0 Å². The van der Waals surface area contributed by atoms with Crippen molar-refractivity contribution in [3.8, 4) is 11.3 Å². The predicted octanol–water partition coefficient (Wildman–Crippen LogP) is 3.85. The zero-order valence-corrected chi connectivity index (χ0v) is 16.6. The average Bonchev–Trinajstić information content (AvgIpc) is 2.83. The molecule has 0 bridgehead atoms. The molecule has 2 aromatic carbocycles. The van der Waals surface area contributed by atoms with E-state index in [-0.39, 0.29) is 5.91 Å². The van der Waals surface area contributed by atoms with E-state index in [4.69, 9.17) is 0 Å². The number of methoxy groups -OCH3 is 1. The van der Waals surface area contributed by atoms with Crippen molar-refractivity contribution in [2.24, 2.45) is 5.10 Å². The molecule has 0 aliphatic heterocycles. The zero-order valence-electron chi connectivity index (χ0n) is 16.6. The van der Waals surface area contributed by atoms with Crippen LogP contribution < -0.4 is 5.43 Å². The van der Waals surface area contributed by atoms with E-state index in [1.54, 1.807) is 42.7 Å². The van der Waals surface area contributed by atoms with E-state index in [1.165, 1.54) is 13.3 Å². The fourth-order valence-corrected chi connectivity index (χ4v) is 3.08. The van der Waals surface area contributed by atoms with Crippen LogP contribution in [0, 0.1) is 0 Å². The number of benzene rings is 2. The minimum absolute atomic E-state index is 0.351. The van der Waals surface area contributed by atoms with E-state index in [9.17, 15) is 9.59 Å². The third-order valence-corrected chi connectivity index (χ3v) is 4.65. The SMILES string of the molecule is COC(=O)c1ccc(/C=N/NC(=O)c2cc(-c3ccncc3)nc3ccccc23)cc1. The van der Waals surface area contributed by atoms with Gasteiger partial charge in [-0.2, -0.15) is 5.10 Å². The van der Waals surface area contributed by atoms with Crippen LogP contribution >= 0.6 is 0 Å². The number of esters is 1. The van der Waals surface area contributed by atoms with Gasteiger partial charge in [0.05, 0.1) is 35.7 Å². The number of para-hydroxylation sites is 1. The molecule has 0 atom stereocenters. The Morgan fingerprint density at radius 1 is 1.00 bits per heavy atom. The lowest BCUT2D eigenvalue weighted by molar-refractivity contribution is 0.0600. The van der Waals surface area contributed by atoms with Crippen LogP contribution in [-0.2, 0) is 4.74 Å². The first kappa shape index (κ1) is 19.9. The van der Waals surface area contributed by atoms with Crippen LogP contribution in [-0.4, -0.2) is 35.2 Å². The molecule has 0 aliphatic rings. The molecule has 0 unspecified atom stereocenters. The summed E-state index contributed by atoms with van der Waals surface area (Å²) in [6, 6.07) is 19.6. The predicted molar refractivity (Wildman–Crippen MR) is 118 cm³/mol. The molecule has 0 saturated carbocycles. The van der Waals surface area contributed by atoms with Gasteiger partial charge in [-0.25, -0.2) is 15.2 Å². The Kier molecular flexibility index (Phi) is 5.75. The van der Waals surface area contributed by atoms with Crippen molar-refractivity contribution in [1.29, 1.82) is 0 Å². The highest BCUT2D eigenvalue weighted by atomic mass is 16.5. The average molecular weight is 410 g/mol. The molecule has 1 N–H and O–H groups in total. The second-order valence-corrected chi connectivity index (χ2v) is 6.62. The summed E-state index contributed by atoms with van der Waals surface area (Å²) in [4.78, 5) is 33.1. The Hall–Kier alpha value is -4.39. The Morgan fingerprint density at radius 3 is 2.48 bits per heavy atom. The summed E-state index contributed by atoms with van der Waals surface area (Å²) in [6.45, 7) is 0. The third-order valence-electron chi connectivity index (χ3n) is 4.65. The number of nitrogens with one attached hydrogen (secondary N) is 1. The van der Waals surface area contributed by atoms with Gasteiger partial charge in [0.15, 0.2) is 0 Å². The maximum absolute atomic E-state index is 12.9. The molecule has 31 heavy (non-hydrogen) atoms. The van der Waals surface area contributed by atoms with E-state index in [2.05, 4.69) is 25.2 Å². The Labute approximate surface area is 178 Å². The summed E-state index contributed by atoms with van der Waals surface area (Å²) < 4.78 is 4.68. The van der Waals surface area contributed by atoms with Crippen molar-refractivity contribution in [3.05, 3.63) is 95.8 Å². The number of amides is 1. The number of carbonyl (C=O) groups excluding carboxylic acids is 2. The van der Waals surface area contributed by atoms with Gasteiger partial charge in [-0.3, -0.25) is 9.78 Å². The molecule has 7 nitrogen and oxygen atoms in total. The maximum Gasteiger partial charge on any atom is 0.337 e. The minimum Gasteiger partial charge on any atom is -0.465 e. The van der Waals surface area contributed by atoms with Crippen LogP contribution in [0.15, 0.2) is 84.2 Å². The first-order valence-corrected chi connectivity index (χ1v) is 9.47. The lowest BCUT2D eigenvalue weighted by Crippen LogP contribution is -2.18. The van der Waals surface area contributed by atoms with Crippen molar-refractivity contribution >= 4 is 29.0 Å². The molecular formula is C24H18N4O3. The summed E-state index contributed by atoms with van der Waals surface area (Å²) in [6.07, 6.45) is 4.87. The molecule has 0 spiro atoms. The molecule has 2 heterocycles. The van der Waals surface area contributed by atoms with Crippen LogP contribution in [0.5, 0.6) is 0 Å². The highest BCUT2D eigenvalue weighted by Gasteiger charge is 2.13.